The highest BCUT2D eigenvalue weighted by Crippen LogP contribution is 2.41. The lowest BCUT2D eigenvalue weighted by atomic mass is 9.91. The van der Waals surface area contributed by atoms with Crippen LogP contribution in [0.1, 0.15) is 30.0 Å². The van der Waals surface area contributed by atoms with Crippen LogP contribution in [0.25, 0.3) is 0 Å². The van der Waals surface area contributed by atoms with Gasteiger partial charge in [0.25, 0.3) is 0 Å². The summed E-state index contributed by atoms with van der Waals surface area (Å²) in [5, 5.41) is 1.57. The van der Waals surface area contributed by atoms with Crippen molar-refractivity contribution in [2.45, 2.75) is 36.0 Å². The van der Waals surface area contributed by atoms with Gasteiger partial charge in [-0.1, -0.05) is 46.9 Å². The van der Waals surface area contributed by atoms with Crippen LogP contribution in [-0.2, 0) is 15.7 Å². The molecule has 0 radical (unpaired) electrons. The quantitative estimate of drug-likeness (QED) is 0.324. The van der Waals surface area contributed by atoms with Crippen LogP contribution in [0.2, 0.25) is 15.1 Å². The molecule has 0 bridgehead atoms. The molecule has 0 amide bonds. The molecule has 1 aliphatic heterocycles. The second kappa shape index (κ2) is 9.82. The maximum Gasteiger partial charge on any atom is 0.416 e. The van der Waals surface area contributed by atoms with E-state index in [0.717, 1.165) is 41.8 Å². The normalized spacial score (nSPS) is 20.1. The maximum atomic E-state index is 13.6. The molecule has 11 heteroatoms. The highest BCUT2D eigenvalue weighted by molar-refractivity contribution is 8.12. The largest absolute Gasteiger partial charge is 0.416 e. The molecule has 4 nitrogen and oxygen atoms in total. The molecule has 0 aromatic heterocycles. The van der Waals surface area contributed by atoms with E-state index in [1.807, 2.05) is 18.2 Å². The van der Waals surface area contributed by atoms with Crippen molar-refractivity contribution >= 4 is 50.0 Å². The van der Waals surface area contributed by atoms with Crippen molar-refractivity contribution in [2.24, 2.45) is 0 Å². The molecule has 0 spiro atoms. The predicted molar refractivity (Wildman–Crippen MR) is 141 cm³/mol. The lowest BCUT2D eigenvalue weighted by molar-refractivity contribution is -0.137. The third kappa shape index (κ3) is 6.01. The zero-order valence-electron chi connectivity index (χ0n) is 19.1. The molecule has 1 fully saturated rings. The van der Waals surface area contributed by atoms with E-state index in [1.54, 1.807) is 24.3 Å². The van der Waals surface area contributed by atoms with Crippen LogP contribution >= 0.6 is 34.8 Å². The molecule has 4 rings (SSSR count). The van der Waals surface area contributed by atoms with Gasteiger partial charge in [0, 0.05) is 28.9 Å². The maximum absolute atomic E-state index is 13.6. The molecule has 0 saturated carbocycles. The van der Waals surface area contributed by atoms with Crippen molar-refractivity contribution in [3.63, 3.8) is 0 Å². The van der Waals surface area contributed by atoms with Gasteiger partial charge in [-0.15, -0.1) is 9.53 Å². The topological polar surface area (TPSA) is 52.6 Å². The van der Waals surface area contributed by atoms with Crippen LogP contribution in [0.4, 0.5) is 18.9 Å². The van der Waals surface area contributed by atoms with Gasteiger partial charge in [0.05, 0.1) is 27.2 Å². The van der Waals surface area contributed by atoms with Crippen LogP contribution < -0.4 is 9.62 Å². The summed E-state index contributed by atoms with van der Waals surface area (Å²) in [5.41, 5.74) is 0.828. The van der Waals surface area contributed by atoms with E-state index in [9.17, 15) is 21.9 Å². The molecule has 1 heterocycles. The molecule has 3 aromatic carbocycles. The number of anilines is 1. The molecule has 194 valence electrons. The van der Waals surface area contributed by atoms with Gasteiger partial charge in [0.1, 0.15) is 0 Å². The summed E-state index contributed by atoms with van der Waals surface area (Å²) in [5.74, 6) is 0. The first-order valence-electron chi connectivity index (χ1n) is 11.0. The summed E-state index contributed by atoms with van der Waals surface area (Å²) < 4.78 is 66.6. The zero-order valence-corrected chi connectivity index (χ0v) is 22.2. The smallest absolute Gasteiger partial charge is 0.363 e. The van der Waals surface area contributed by atoms with Gasteiger partial charge in [-0.05, 0) is 73.0 Å². The highest BCUT2D eigenvalue weighted by atomic mass is 35.5. The lowest BCUT2D eigenvalue weighted by Crippen LogP contribution is -2.55. The molecule has 0 aliphatic carbocycles. The average Bonchev–Trinajstić information content (AvgIpc) is 2.79. The summed E-state index contributed by atoms with van der Waals surface area (Å²) >= 11 is 18.7. The number of nitrogens with one attached hydrogen (secondary N) is 1. The molecular weight excluding hydrogens is 556 g/mol. The predicted octanol–water partition coefficient (Wildman–Crippen LogP) is 7.86. The Morgan fingerprint density at radius 2 is 1.58 bits per heavy atom. The Balaban J connectivity index is 1.63. The number of piperidine rings is 1. The molecule has 1 saturated heterocycles. The van der Waals surface area contributed by atoms with Gasteiger partial charge < -0.3 is 4.90 Å². The molecule has 36 heavy (non-hydrogen) atoms. The molecule has 2 N–H and O–H groups in total. The Morgan fingerprint density at radius 1 is 0.972 bits per heavy atom. The summed E-state index contributed by atoms with van der Waals surface area (Å²) in [4.78, 5) is 2.01. The van der Waals surface area contributed by atoms with Gasteiger partial charge in [-0.3, -0.25) is 4.55 Å². The molecule has 1 aliphatic rings. The van der Waals surface area contributed by atoms with E-state index in [4.69, 9.17) is 34.8 Å². The van der Waals surface area contributed by atoms with Gasteiger partial charge >= 0.3 is 6.18 Å². The second-order valence-corrected chi connectivity index (χ2v) is 13.6. The zero-order chi connectivity index (χ0) is 26.3. The van der Waals surface area contributed by atoms with Crippen LogP contribution in [0.5, 0.6) is 0 Å². The fraction of sp³-hybridized carbons (Fsp3) is 0.280. The van der Waals surface area contributed by atoms with Gasteiger partial charge in [0.15, 0.2) is 0 Å². The van der Waals surface area contributed by atoms with E-state index >= 15 is 0 Å². The number of nitrogens with zero attached hydrogens (tertiary/aromatic N) is 1. The van der Waals surface area contributed by atoms with E-state index < -0.39 is 27.3 Å². The Hall–Kier alpha value is -1.81. The number of benzene rings is 3. The third-order valence-electron chi connectivity index (χ3n) is 6.26. The van der Waals surface area contributed by atoms with Crippen molar-refractivity contribution in [3.8, 4) is 0 Å². The summed E-state index contributed by atoms with van der Waals surface area (Å²) in [6, 6.07) is 15.7. The fourth-order valence-corrected chi connectivity index (χ4v) is 7.06. The van der Waals surface area contributed by atoms with Crippen LogP contribution in [-0.4, -0.2) is 27.6 Å². The first-order chi connectivity index (χ1) is 16.7. The first kappa shape index (κ1) is 27.2. The van der Waals surface area contributed by atoms with E-state index in [2.05, 4.69) is 9.62 Å². The van der Waals surface area contributed by atoms with E-state index in [0.29, 0.717) is 34.5 Å². The molecule has 2 atom stereocenters. The minimum absolute atomic E-state index is 0.105. The van der Waals surface area contributed by atoms with Crippen LogP contribution in [0.3, 0.4) is 0 Å². The van der Waals surface area contributed by atoms with Crippen LogP contribution in [0, 0.1) is 0 Å². The Labute approximate surface area is 222 Å². The monoisotopic (exact) mass is 578 g/mol. The Kier molecular flexibility index (Phi) is 7.43. The highest BCUT2D eigenvalue weighted by Gasteiger charge is 2.36. The molecule has 2 unspecified atom stereocenters. The van der Waals surface area contributed by atoms with Crippen molar-refractivity contribution in [3.05, 3.63) is 92.9 Å². The minimum Gasteiger partial charge on any atom is -0.363 e. The van der Waals surface area contributed by atoms with E-state index in [-0.39, 0.29) is 10.9 Å². The van der Waals surface area contributed by atoms with Crippen molar-refractivity contribution in [1.29, 1.82) is 0 Å². The standard InChI is InChI=1S/C25H24Cl3F3N2O2S/c1-36(34,35,21-9-4-17(5-10-21)25(29,30)31)32-20-12-13-33(23-11-8-19(27)14-22(23)28)24(15-20)16-2-6-18(26)7-3-16/h2-11,14,20,24H,12-13,15H2,1H3,(H2,32,34,35). The molecule has 3 aromatic rings. The van der Waals surface area contributed by atoms with Crippen molar-refractivity contribution in [1.82, 2.24) is 4.72 Å². The van der Waals surface area contributed by atoms with Crippen molar-refractivity contribution < 1.29 is 21.9 Å². The summed E-state index contributed by atoms with van der Waals surface area (Å²) in [7, 11) is -4.66. The first-order valence-corrected chi connectivity index (χ1v) is 14.5. The van der Waals surface area contributed by atoms with Crippen molar-refractivity contribution in [2.75, 3.05) is 17.7 Å². The van der Waals surface area contributed by atoms with Crippen LogP contribution in [0.15, 0.2) is 71.6 Å². The lowest BCUT2D eigenvalue weighted by Gasteiger charge is -2.48. The van der Waals surface area contributed by atoms with Gasteiger partial charge in [-0.25, -0.2) is 4.72 Å². The number of alkyl halides is 3. The number of rotatable bonds is 5. The Morgan fingerprint density at radius 3 is 2.17 bits per heavy atom. The van der Waals surface area contributed by atoms with E-state index in [1.165, 1.54) is 0 Å². The summed E-state index contributed by atoms with van der Waals surface area (Å²) in [6.07, 6.45) is -2.48. The number of halogens is 6. The number of hydrogen-bond donors (Lipinski definition) is 2. The fourth-order valence-electron chi connectivity index (χ4n) is 4.50. The number of hydrogen-bond acceptors (Lipinski definition) is 2. The van der Waals surface area contributed by atoms with Gasteiger partial charge in [-0.2, -0.15) is 17.4 Å². The van der Waals surface area contributed by atoms with Gasteiger partial charge in [0.2, 0.25) is 0 Å². The molecular formula is C25H24Cl3F3N2O2S. The summed E-state index contributed by atoms with van der Waals surface area (Å²) in [6.45, 7) is 0.502. The second-order valence-electron chi connectivity index (χ2n) is 9.00. The third-order valence-corrected chi connectivity index (χ3v) is 9.32. The Bertz CT molecular complexity index is 1310. The average molecular weight is 580 g/mol. The minimum atomic E-state index is -4.66. The SMILES string of the molecule is CS(=O)(O)(NC1CCN(c2ccc(Cl)cc2Cl)C(c2ccc(Cl)cc2)C1)c1ccc(C(F)(F)F)cc1.